The number of ether oxygens (including phenoxy) is 2. The minimum Gasteiger partial charge on any atom is -0.507 e. The van der Waals surface area contributed by atoms with Gasteiger partial charge in [0.2, 0.25) is 5.13 Å². The molecule has 51 heavy (non-hydrogen) atoms. The molecule has 1 fully saturated rings. The van der Waals surface area contributed by atoms with Crippen LogP contribution < -0.4 is 14.4 Å². The molecule has 1 aromatic heterocycles. The van der Waals surface area contributed by atoms with E-state index < -0.39 is 17.7 Å². The number of carbonyl (C=O) groups is 2. The lowest BCUT2D eigenvalue weighted by molar-refractivity contribution is -0.132. The Labute approximate surface area is 310 Å². The second-order valence-electron chi connectivity index (χ2n) is 11.8. The molecule has 0 saturated carbocycles. The number of aliphatic hydroxyl groups excluding tert-OH is 1. The van der Waals surface area contributed by atoms with Gasteiger partial charge in [-0.3, -0.25) is 14.5 Å². The summed E-state index contributed by atoms with van der Waals surface area (Å²) in [5.41, 5.74) is 3.84. The first kappa shape index (κ1) is 34.3. The Bertz CT molecular complexity index is 2320. The Morgan fingerprint density at radius 2 is 1.73 bits per heavy atom. The van der Waals surface area contributed by atoms with Gasteiger partial charge in [0.1, 0.15) is 18.1 Å². The van der Waals surface area contributed by atoms with Gasteiger partial charge in [-0.1, -0.05) is 95.4 Å². The number of hydrogen-bond acceptors (Lipinski definition) is 10. The van der Waals surface area contributed by atoms with Crippen LogP contribution in [0, 0.1) is 6.92 Å². The van der Waals surface area contributed by atoms with Crippen LogP contribution >= 0.6 is 39.0 Å². The molecule has 0 bridgehead atoms. The van der Waals surface area contributed by atoms with Gasteiger partial charge in [-0.15, -0.1) is 10.2 Å². The lowest BCUT2D eigenvalue weighted by atomic mass is 9.95. The number of phenolic OH excluding ortho intramolecular Hbond substituents is 1. The minimum atomic E-state index is -1.11. The first-order valence-electron chi connectivity index (χ1n) is 15.8. The van der Waals surface area contributed by atoms with E-state index in [2.05, 4.69) is 50.4 Å². The largest absolute Gasteiger partial charge is 0.507 e. The van der Waals surface area contributed by atoms with Crippen LogP contribution in [0.3, 0.4) is 0 Å². The van der Waals surface area contributed by atoms with Crippen LogP contribution in [0.1, 0.15) is 33.9 Å². The van der Waals surface area contributed by atoms with Crippen molar-refractivity contribution in [2.24, 2.45) is 0 Å². The van der Waals surface area contributed by atoms with Crippen molar-refractivity contribution < 1.29 is 29.3 Å². The van der Waals surface area contributed by atoms with Gasteiger partial charge in [-0.2, -0.15) is 0 Å². The quantitative estimate of drug-likeness (QED) is 0.0461. The van der Waals surface area contributed by atoms with Crippen molar-refractivity contribution in [3.63, 3.8) is 0 Å². The molecule has 2 heterocycles. The number of phenols is 1. The number of hydrogen-bond donors (Lipinski definition) is 2. The van der Waals surface area contributed by atoms with E-state index >= 15 is 0 Å². The van der Waals surface area contributed by atoms with Gasteiger partial charge in [-0.05, 0) is 86.7 Å². The average Bonchev–Trinajstić information content (AvgIpc) is 3.72. The van der Waals surface area contributed by atoms with Gasteiger partial charge in [0.15, 0.2) is 15.8 Å². The summed E-state index contributed by atoms with van der Waals surface area (Å²) in [6.45, 7) is 2.38. The van der Waals surface area contributed by atoms with E-state index in [0.29, 0.717) is 33.6 Å². The van der Waals surface area contributed by atoms with E-state index in [0.717, 1.165) is 27.5 Å². The maximum atomic E-state index is 13.8. The molecule has 6 aromatic rings. The highest BCUT2D eigenvalue weighted by atomic mass is 79.9. The fraction of sp³-hybridized carbons (Fsp3) is 0.128. The third-order valence-electron chi connectivity index (χ3n) is 8.48. The smallest absolute Gasteiger partial charge is 0.301 e. The number of rotatable bonds is 10. The topological polar surface area (TPSA) is 122 Å². The van der Waals surface area contributed by atoms with Crippen molar-refractivity contribution in [1.82, 2.24) is 10.2 Å². The molecule has 1 aliphatic rings. The van der Waals surface area contributed by atoms with Gasteiger partial charge in [0.05, 0.1) is 23.2 Å². The Morgan fingerprint density at radius 1 is 0.961 bits per heavy atom. The van der Waals surface area contributed by atoms with Crippen LogP contribution in [0.25, 0.3) is 16.5 Å². The Kier molecular flexibility index (Phi) is 9.81. The molecule has 1 unspecified atom stereocenters. The molecule has 7 rings (SSSR count). The predicted octanol–water partition coefficient (Wildman–Crippen LogP) is 8.97. The number of amides is 1. The van der Waals surface area contributed by atoms with Gasteiger partial charge in [0, 0.05) is 11.3 Å². The van der Waals surface area contributed by atoms with Crippen LogP contribution in [0.2, 0.25) is 0 Å². The monoisotopic (exact) mass is 779 g/mol. The third-order valence-corrected chi connectivity index (χ3v) is 11.2. The van der Waals surface area contributed by atoms with E-state index in [9.17, 15) is 19.8 Å². The molecule has 0 radical (unpaired) electrons. The molecular weight excluding hydrogens is 750 g/mol. The maximum Gasteiger partial charge on any atom is 0.301 e. The van der Waals surface area contributed by atoms with Gasteiger partial charge < -0.3 is 19.7 Å². The van der Waals surface area contributed by atoms with Crippen molar-refractivity contribution in [3.05, 3.63) is 141 Å². The summed E-state index contributed by atoms with van der Waals surface area (Å²) in [6.07, 6.45) is 0. The summed E-state index contributed by atoms with van der Waals surface area (Å²) in [6, 6.07) is 30.9. The molecule has 1 saturated heterocycles. The second kappa shape index (κ2) is 14.6. The first-order valence-corrected chi connectivity index (χ1v) is 18.4. The number of halogens is 1. The van der Waals surface area contributed by atoms with Crippen molar-refractivity contribution >= 4 is 72.4 Å². The molecule has 256 valence electrons. The highest BCUT2D eigenvalue weighted by Gasteiger charge is 2.48. The number of anilines is 1. The van der Waals surface area contributed by atoms with E-state index in [1.54, 1.807) is 30.3 Å². The lowest BCUT2D eigenvalue weighted by Crippen LogP contribution is -2.29. The van der Waals surface area contributed by atoms with E-state index in [4.69, 9.17) is 9.47 Å². The molecule has 1 aliphatic heterocycles. The first-order chi connectivity index (χ1) is 24.7. The SMILES string of the molecule is COc1cc(C2/C(=C(\O)c3ccc(OCc4cccc(C)c4)cc3)C(=O)C(=O)N2c2nnc(SCc3cccc4ccccc34)s2)cc(Br)c1O. The number of ketones is 1. The molecule has 0 spiro atoms. The number of thioether (sulfide) groups is 1. The highest BCUT2D eigenvalue weighted by molar-refractivity contribution is 9.10. The molecule has 0 aliphatic carbocycles. The molecule has 9 nitrogen and oxygen atoms in total. The van der Waals surface area contributed by atoms with Gasteiger partial charge in [-0.25, -0.2) is 0 Å². The number of aromatic nitrogens is 2. The number of carbonyl (C=O) groups excluding carboxylic acids is 2. The summed E-state index contributed by atoms with van der Waals surface area (Å²) in [7, 11) is 1.40. The predicted molar refractivity (Wildman–Crippen MR) is 203 cm³/mol. The van der Waals surface area contributed by atoms with Gasteiger partial charge >= 0.3 is 5.91 Å². The number of aryl methyl sites for hydroxylation is 1. The van der Waals surface area contributed by atoms with Gasteiger partial charge in [0.25, 0.3) is 5.78 Å². The molecule has 1 amide bonds. The fourth-order valence-electron chi connectivity index (χ4n) is 6.00. The summed E-state index contributed by atoms with van der Waals surface area (Å²) in [5.74, 6) is -0.981. The van der Waals surface area contributed by atoms with E-state index in [-0.39, 0.29) is 32.4 Å². The standard InChI is InChI=1S/C39H30BrN3O6S2/c1-22-7-5-8-23(17-22)20-49-28-15-13-25(14-16-28)34(44)32-33(27-18-30(40)35(45)31(19-27)48-2)43(37(47)36(32)46)38-41-42-39(51-38)50-21-26-11-6-10-24-9-3-4-12-29(24)26/h3-19,33,44-45H,20-21H2,1-2H3/b34-32+. The molecule has 12 heteroatoms. The van der Waals surface area contributed by atoms with Crippen LogP contribution in [0.15, 0.2) is 118 Å². The van der Waals surface area contributed by atoms with Crippen LogP contribution in [-0.4, -0.2) is 39.2 Å². The minimum absolute atomic E-state index is 0.115. The molecule has 2 N–H and O–H groups in total. The number of methoxy groups -OCH3 is 1. The van der Waals surface area contributed by atoms with Crippen molar-refractivity contribution in [3.8, 4) is 17.2 Å². The average molecular weight is 781 g/mol. The third kappa shape index (κ3) is 6.94. The molecular formula is C39H30BrN3O6S2. The zero-order valence-electron chi connectivity index (χ0n) is 27.4. The normalized spacial score (nSPS) is 15.4. The highest BCUT2D eigenvalue weighted by Crippen LogP contribution is 2.47. The summed E-state index contributed by atoms with van der Waals surface area (Å²) in [5, 5.41) is 33.4. The maximum absolute atomic E-state index is 13.8. The zero-order valence-corrected chi connectivity index (χ0v) is 30.6. The number of aliphatic hydroxyl groups is 1. The fourth-order valence-corrected chi connectivity index (χ4v) is 8.33. The Balaban J connectivity index is 1.22. The van der Waals surface area contributed by atoms with Crippen molar-refractivity contribution in [1.29, 1.82) is 0 Å². The van der Waals surface area contributed by atoms with Crippen LogP contribution in [-0.2, 0) is 21.9 Å². The van der Waals surface area contributed by atoms with Crippen LogP contribution in [0.4, 0.5) is 5.13 Å². The van der Waals surface area contributed by atoms with E-state index in [1.165, 1.54) is 41.2 Å². The number of benzene rings is 5. The summed E-state index contributed by atoms with van der Waals surface area (Å²) < 4.78 is 12.2. The number of Topliss-reactive ketones (excluding diaryl/α,β-unsaturated/α-hetero) is 1. The van der Waals surface area contributed by atoms with Crippen molar-refractivity contribution in [2.45, 2.75) is 29.7 Å². The van der Waals surface area contributed by atoms with Crippen LogP contribution in [0.5, 0.6) is 17.2 Å². The molecule has 5 aromatic carbocycles. The Hall–Kier alpha value is -5.17. The zero-order chi connectivity index (χ0) is 35.6. The molecule has 1 atom stereocenters. The number of fused-ring (bicyclic) bond motifs is 1. The lowest BCUT2D eigenvalue weighted by Gasteiger charge is -2.23. The van der Waals surface area contributed by atoms with E-state index in [1.807, 2.05) is 49.4 Å². The van der Waals surface area contributed by atoms with Crippen molar-refractivity contribution in [2.75, 3.05) is 12.0 Å². The number of aromatic hydroxyl groups is 1. The summed E-state index contributed by atoms with van der Waals surface area (Å²) >= 11 is 6.01. The summed E-state index contributed by atoms with van der Waals surface area (Å²) in [4.78, 5) is 28.9. The Morgan fingerprint density at radius 3 is 2.51 bits per heavy atom. The number of nitrogens with zero attached hydrogens (tertiary/aromatic N) is 3. The second-order valence-corrected chi connectivity index (χ2v) is 14.8.